The Hall–Kier alpha value is -1.52. The number of benzene rings is 1. The lowest BCUT2D eigenvalue weighted by molar-refractivity contribution is 1.23. The number of nitrogen functional groups attached to an aromatic ring is 1. The summed E-state index contributed by atoms with van der Waals surface area (Å²) >= 11 is 7.65. The summed E-state index contributed by atoms with van der Waals surface area (Å²) in [6.45, 7) is 3.92. The molecule has 0 unspecified atom stereocenters. The van der Waals surface area contributed by atoms with Gasteiger partial charge in [-0.15, -0.1) is 11.3 Å². The Morgan fingerprint density at radius 1 is 1.33 bits per heavy atom. The second-order valence-electron chi connectivity index (χ2n) is 4.29. The van der Waals surface area contributed by atoms with Crippen LogP contribution in [0.2, 0.25) is 5.02 Å². The Labute approximate surface area is 114 Å². The van der Waals surface area contributed by atoms with Crippen LogP contribution in [0.25, 0.3) is 16.2 Å². The summed E-state index contributed by atoms with van der Waals surface area (Å²) < 4.78 is 1.99. The van der Waals surface area contributed by atoms with Crippen LogP contribution in [0.3, 0.4) is 0 Å². The Kier molecular flexibility index (Phi) is 2.57. The van der Waals surface area contributed by atoms with Crippen LogP contribution in [0.1, 0.15) is 11.3 Å². The van der Waals surface area contributed by atoms with Crippen molar-refractivity contribution in [3.63, 3.8) is 0 Å². The number of fused-ring (bicyclic) bond motifs is 1. The highest BCUT2D eigenvalue weighted by Gasteiger charge is 2.13. The van der Waals surface area contributed by atoms with Gasteiger partial charge in [0.25, 0.3) is 0 Å². The molecule has 0 saturated carbocycles. The minimum absolute atomic E-state index is 0.703. The van der Waals surface area contributed by atoms with Gasteiger partial charge in [-0.3, -0.25) is 4.40 Å². The molecule has 1 aromatic carbocycles. The lowest BCUT2D eigenvalue weighted by Gasteiger charge is -2.04. The molecule has 0 saturated heterocycles. The third-order valence-corrected chi connectivity index (χ3v) is 4.29. The molecule has 0 bridgehead atoms. The monoisotopic (exact) mass is 277 g/mol. The number of aryl methyl sites for hydroxylation is 2. The number of nitrogens with two attached hydrogens (primary N) is 1. The summed E-state index contributed by atoms with van der Waals surface area (Å²) in [6.07, 6.45) is 0. The number of hydrogen-bond donors (Lipinski definition) is 1. The van der Waals surface area contributed by atoms with E-state index < -0.39 is 0 Å². The third kappa shape index (κ3) is 1.61. The van der Waals surface area contributed by atoms with Crippen molar-refractivity contribution in [3.05, 3.63) is 39.9 Å². The molecule has 2 heterocycles. The highest BCUT2D eigenvalue weighted by Crippen LogP contribution is 2.31. The van der Waals surface area contributed by atoms with E-state index in [-0.39, 0.29) is 0 Å². The van der Waals surface area contributed by atoms with Gasteiger partial charge in [0.05, 0.1) is 11.4 Å². The zero-order chi connectivity index (χ0) is 12.9. The molecule has 92 valence electrons. The average molecular weight is 278 g/mol. The summed E-state index contributed by atoms with van der Waals surface area (Å²) in [5.74, 6) is 0.703. The lowest BCUT2D eigenvalue weighted by atomic mass is 10.1. The number of thiazole rings is 1. The smallest absolute Gasteiger partial charge is 0.196 e. The molecule has 2 aromatic heterocycles. The van der Waals surface area contributed by atoms with Crippen molar-refractivity contribution in [2.24, 2.45) is 0 Å². The van der Waals surface area contributed by atoms with Crippen LogP contribution in [-0.2, 0) is 0 Å². The van der Waals surface area contributed by atoms with E-state index in [1.165, 1.54) is 0 Å². The van der Waals surface area contributed by atoms with E-state index in [0.717, 1.165) is 32.5 Å². The zero-order valence-electron chi connectivity index (χ0n) is 10.1. The highest BCUT2D eigenvalue weighted by molar-refractivity contribution is 7.15. The maximum absolute atomic E-state index is 6.07. The van der Waals surface area contributed by atoms with Crippen LogP contribution in [-0.4, -0.2) is 9.38 Å². The molecule has 0 aliphatic rings. The van der Waals surface area contributed by atoms with Crippen LogP contribution >= 0.6 is 22.9 Å². The molecule has 0 radical (unpaired) electrons. The van der Waals surface area contributed by atoms with Crippen LogP contribution in [0.4, 0.5) is 5.82 Å². The number of imidazole rings is 1. The van der Waals surface area contributed by atoms with E-state index in [1.807, 2.05) is 30.4 Å². The van der Waals surface area contributed by atoms with Gasteiger partial charge in [-0.25, -0.2) is 4.98 Å². The summed E-state index contributed by atoms with van der Waals surface area (Å²) in [5.41, 5.74) is 10.2. The summed E-state index contributed by atoms with van der Waals surface area (Å²) in [7, 11) is 0. The van der Waals surface area contributed by atoms with Gasteiger partial charge in [0.2, 0.25) is 0 Å². The first-order valence-corrected chi connectivity index (χ1v) is 6.82. The van der Waals surface area contributed by atoms with E-state index >= 15 is 0 Å². The Morgan fingerprint density at radius 3 is 2.83 bits per heavy atom. The number of rotatable bonds is 1. The van der Waals surface area contributed by atoms with Crippen LogP contribution in [0, 0.1) is 13.8 Å². The quantitative estimate of drug-likeness (QED) is 0.733. The highest BCUT2D eigenvalue weighted by atomic mass is 35.5. The second-order valence-corrected chi connectivity index (χ2v) is 5.53. The molecular weight excluding hydrogens is 266 g/mol. The van der Waals surface area contributed by atoms with Gasteiger partial charge in [-0.2, -0.15) is 0 Å². The van der Waals surface area contributed by atoms with E-state index in [9.17, 15) is 0 Å². The van der Waals surface area contributed by atoms with Gasteiger partial charge in [-0.05, 0) is 37.1 Å². The summed E-state index contributed by atoms with van der Waals surface area (Å²) in [4.78, 5) is 5.35. The molecule has 0 atom stereocenters. The second kappa shape index (κ2) is 4.00. The fourth-order valence-corrected chi connectivity index (χ4v) is 3.06. The minimum Gasteiger partial charge on any atom is -0.383 e. The topological polar surface area (TPSA) is 43.3 Å². The molecule has 18 heavy (non-hydrogen) atoms. The molecule has 0 aliphatic heterocycles. The molecule has 0 spiro atoms. The molecule has 0 aliphatic carbocycles. The molecule has 0 amide bonds. The third-order valence-electron chi connectivity index (χ3n) is 3.04. The number of nitrogens with zero attached hydrogens (tertiary/aromatic N) is 2. The molecule has 2 N–H and O–H groups in total. The SMILES string of the molecule is Cc1cc(-c2csc3nc(C)c(N)n23)ccc1Cl. The van der Waals surface area contributed by atoms with Crippen molar-refractivity contribution in [1.29, 1.82) is 0 Å². The van der Waals surface area contributed by atoms with Gasteiger partial charge in [0, 0.05) is 10.4 Å². The Bertz CT molecular complexity index is 742. The maximum Gasteiger partial charge on any atom is 0.196 e. The predicted molar refractivity (Wildman–Crippen MR) is 77.4 cm³/mol. The van der Waals surface area contributed by atoms with E-state index in [0.29, 0.717) is 5.82 Å². The fourth-order valence-electron chi connectivity index (χ4n) is 1.99. The Balaban J connectivity index is 2.27. The fraction of sp³-hybridized carbons (Fsp3) is 0.154. The van der Waals surface area contributed by atoms with E-state index in [4.69, 9.17) is 17.3 Å². The number of hydrogen-bond acceptors (Lipinski definition) is 3. The summed E-state index contributed by atoms with van der Waals surface area (Å²) in [6, 6.07) is 5.99. The largest absolute Gasteiger partial charge is 0.383 e. The number of halogens is 1. The molecule has 3 aromatic rings. The van der Waals surface area contributed by atoms with Crippen molar-refractivity contribution in [3.8, 4) is 11.3 Å². The minimum atomic E-state index is 0.703. The first-order chi connectivity index (χ1) is 8.58. The van der Waals surface area contributed by atoms with Crippen LogP contribution in [0.15, 0.2) is 23.6 Å². The first kappa shape index (κ1) is 11.6. The number of anilines is 1. The van der Waals surface area contributed by atoms with Gasteiger partial charge < -0.3 is 5.73 Å². The van der Waals surface area contributed by atoms with Crippen molar-refractivity contribution >= 4 is 33.7 Å². The van der Waals surface area contributed by atoms with E-state index in [2.05, 4.69) is 16.4 Å². The average Bonchev–Trinajstić information content (AvgIpc) is 2.85. The van der Waals surface area contributed by atoms with Gasteiger partial charge in [-0.1, -0.05) is 17.7 Å². The van der Waals surface area contributed by atoms with Crippen molar-refractivity contribution < 1.29 is 0 Å². The molecular formula is C13H12ClN3S. The van der Waals surface area contributed by atoms with Gasteiger partial charge in [0.1, 0.15) is 5.82 Å². The first-order valence-electron chi connectivity index (χ1n) is 5.56. The van der Waals surface area contributed by atoms with Crippen molar-refractivity contribution in [1.82, 2.24) is 9.38 Å². The normalized spacial score (nSPS) is 11.3. The number of aromatic nitrogens is 2. The molecule has 3 nitrogen and oxygen atoms in total. The van der Waals surface area contributed by atoms with Gasteiger partial charge >= 0.3 is 0 Å². The lowest BCUT2D eigenvalue weighted by Crippen LogP contribution is -1.95. The maximum atomic E-state index is 6.07. The molecule has 3 rings (SSSR count). The van der Waals surface area contributed by atoms with Crippen LogP contribution < -0.4 is 5.73 Å². The van der Waals surface area contributed by atoms with Crippen molar-refractivity contribution in [2.45, 2.75) is 13.8 Å². The Morgan fingerprint density at radius 2 is 2.11 bits per heavy atom. The standard InChI is InChI=1S/C13H12ClN3S/c1-7-5-9(3-4-10(7)14)11-6-18-13-16-8(2)12(15)17(11)13/h3-6H,15H2,1-2H3. The molecule has 0 fully saturated rings. The van der Waals surface area contributed by atoms with Gasteiger partial charge in [0.15, 0.2) is 4.96 Å². The van der Waals surface area contributed by atoms with Crippen LogP contribution in [0.5, 0.6) is 0 Å². The summed E-state index contributed by atoms with van der Waals surface area (Å²) in [5, 5.41) is 2.85. The molecule has 5 heteroatoms. The van der Waals surface area contributed by atoms with Crippen molar-refractivity contribution in [2.75, 3.05) is 5.73 Å². The van der Waals surface area contributed by atoms with E-state index in [1.54, 1.807) is 11.3 Å². The predicted octanol–water partition coefficient (Wildman–Crippen LogP) is 3.92. The zero-order valence-corrected chi connectivity index (χ0v) is 11.6.